The van der Waals surface area contributed by atoms with Crippen LogP contribution < -0.4 is 4.90 Å². The van der Waals surface area contributed by atoms with Crippen LogP contribution in [0.1, 0.15) is 5.69 Å². The molecule has 7 nitrogen and oxygen atoms in total. The van der Waals surface area contributed by atoms with Crippen LogP contribution in [0, 0.1) is 15.9 Å². The zero-order valence-corrected chi connectivity index (χ0v) is 14.1. The number of hydrogen-bond donors (Lipinski definition) is 0. The number of rotatable bonds is 4. The number of imidazole rings is 1. The first kappa shape index (κ1) is 16.5. The molecule has 3 heterocycles. The van der Waals surface area contributed by atoms with Gasteiger partial charge in [0.1, 0.15) is 17.2 Å². The largest absolute Gasteiger partial charge is 0.363 e. The lowest BCUT2D eigenvalue weighted by atomic mass is 10.2. The van der Waals surface area contributed by atoms with Crippen molar-refractivity contribution in [3.63, 3.8) is 0 Å². The van der Waals surface area contributed by atoms with E-state index in [0.717, 1.165) is 37.0 Å². The van der Waals surface area contributed by atoms with Crippen LogP contribution >= 0.6 is 0 Å². The van der Waals surface area contributed by atoms with Crippen LogP contribution in [-0.2, 0) is 6.54 Å². The van der Waals surface area contributed by atoms with Crippen molar-refractivity contribution in [2.45, 2.75) is 6.54 Å². The lowest BCUT2D eigenvalue weighted by Crippen LogP contribution is -2.46. The molecule has 0 bridgehead atoms. The van der Waals surface area contributed by atoms with Gasteiger partial charge in [-0.3, -0.25) is 15.0 Å². The lowest BCUT2D eigenvalue weighted by molar-refractivity contribution is -0.384. The van der Waals surface area contributed by atoms with E-state index < -0.39 is 10.7 Å². The van der Waals surface area contributed by atoms with Gasteiger partial charge in [-0.05, 0) is 24.3 Å². The minimum absolute atomic E-state index is 0.182. The maximum Gasteiger partial charge on any atom is 0.295 e. The maximum absolute atomic E-state index is 13.3. The highest BCUT2D eigenvalue weighted by molar-refractivity contribution is 5.63. The Morgan fingerprint density at radius 3 is 2.69 bits per heavy atom. The molecule has 3 aromatic rings. The van der Waals surface area contributed by atoms with E-state index >= 15 is 0 Å². The number of hydrogen-bond acceptors (Lipinski definition) is 5. The number of benzene rings is 1. The third-order valence-corrected chi connectivity index (χ3v) is 4.65. The Morgan fingerprint density at radius 2 is 1.96 bits per heavy atom. The molecule has 4 rings (SSSR count). The summed E-state index contributed by atoms with van der Waals surface area (Å²) in [5.41, 5.74) is 2.21. The van der Waals surface area contributed by atoms with Gasteiger partial charge >= 0.3 is 0 Å². The van der Waals surface area contributed by atoms with E-state index in [1.165, 1.54) is 12.1 Å². The highest BCUT2D eigenvalue weighted by Gasteiger charge is 2.24. The van der Waals surface area contributed by atoms with Crippen LogP contribution in [0.3, 0.4) is 0 Å². The van der Waals surface area contributed by atoms with Gasteiger partial charge in [0.15, 0.2) is 0 Å². The minimum atomic E-state index is -0.592. The van der Waals surface area contributed by atoms with Gasteiger partial charge in [-0.25, -0.2) is 9.37 Å². The van der Waals surface area contributed by atoms with Crippen LogP contribution in [-0.4, -0.2) is 45.4 Å². The number of piperazine rings is 1. The molecule has 2 aromatic heterocycles. The highest BCUT2D eigenvalue weighted by atomic mass is 19.1. The van der Waals surface area contributed by atoms with E-state index in [1.807, 2.05) is 39.9 Å². The van der Waals surface area contributed by atoms with Crippen LogP contribution in [0.2, 0.25) is 0 Å². The van der Waals surface area contributed by atoms with Gasteiger partial charge in [0, 0.05) is 45.1 Å². The molecule has 0 radical (unpaired) electrons. The van der Waals surface area contributed by atoms with Crippen molar-refractivity contribution < 1.29 is 9.31 Å². The molecule has 0 saturated carbocycles. The standard InChI is InChI=1S/C18H18FN5O2/c19-14-4-5-16(17(11-14)24(25)26)22-9-7-21(8-10-22)12-15-13-23-6-2-1-3-18(23)20-15/h1-6,11,13H,7-10,12H2. The number of nitrogens with zero attached hydrogens (tertiary/aromatic N) is 5. The average Bonchev–Trinajstić information content (AvgIpc) is 3.04. The van der Waals surface area contributed by atoms with Crippen molar-refractivity contribution in [1.82, 2.24) is 14.3 Å². The second kappa shape index (κ2) is 6.72. The zero-order chi connectivity index (χ0) is 18.1. The normalized spacial score (nSPS) is 15.5. The molecule has 1 saturated heterocycles. The van der Waals surface area contributed by atoms with Gasteiger partial charge in [-0.2, -0.15) is 0 Å². The van der Waals surface area contributed by atoms with Crippen LogP contribution in [0.15, 0.2) is 48.8 Å². The van der Waals surface area contributed by atoms with E-state index in [-0.39, 0.29) is 5.69 Å². The van der Waals surface area contributed by atoms with E-state index in [2.05, 4.69) is 9.88 Å². The Morgan fingerprint density at radius 1 is 1.15 bits per heavy atom. The highest BCUT2D eigenvalue weighted by Crippen LogP contribution is 2.29. The monoisotopic (exact) mass is 355 g/mol. The fourth-order valence-corrected chi connectivity index (χ4v) is 3.35. The molecule has 0 unspecified atom stereocenters. The predicted molar refractivity (Wildman–Crippen MR) is 95.7 cm³/mol. The molecule has 0 aliphatic carbocycles. The first-order chi connectivity index (χ1) is 12.6. The second-order valence-corrected chi connectivity index (χ2v) is 6.35. The quantitative estimate of drug-likeness (QED) is 0.532. The van der Waals surface area contributed by atoms with Gasteiger partial charge in [-0.1, -0.05) is 6.07 Å². The van der Waals surface area contributed by atoms with E-state index in [4.69, 9.17) is 0 Å². The van der Waals surface area contributed by atoms with Crippen LogP contribution in [0.5, 0.6) is 0 Å². The Kier molecular flexibility index (Phi) is 4.26. The third kappa shape index (κ3) is 3.23. The van der Waals surface area contributed by atoms with Crippen molar-refractivity contribution in [2.24, 2.45) is 0 Å². The number of aromatic nitrogens is 2. The zero-order valence-electron chi connectivity index (χ0n) is 14.1. The summed E-state index contributed by atoms with van der Waals surface area (Å²) in [5.74, 6) is -0.592. The molecular weight excluding hydrogens is 337 g/mol. The molecule has 8 heteroatoms. The summed E-state index contributed by atoms with van der Waals surface area (Å²) < 4.78 is 15.3. The van der Waals surface area contributed by atoms with Gasteiger partial charge in [0.2, 0.25) is 0 Å². The number of pyridine rings is 1. The van der Waals surface area contributed by atoms with Gasteiger partial charge < -0.3 is 9.30 Å². The fourth-order valence-electron chi connectivity index (χ4n) is 3.35. The molecule has 0 N–H and O–H groups in total. The first-order valence-corrected chi connectivity index (χ1v) is 8.44. The summed E-state index contributed by atoms with van der Waals surface area (Å²) in [6, 6.07) is 9.64. The fraction of sp³-hybridized carbons (Fsp3) is 0.278. The molecule has 1 aliphatic rings. The summed E-state index contributed by atoms with van der Waals surface area (Å²) in [5, 5.41) is 11.2. The third-order valence-electron chi connectivity index (χ3n) is 4.65. The van der Waals surface area contributed by atoms with Crippen molar-refractivity contribution in [3.8, 4) is 0 Å². The Hall–Kier alpha value is -3.00. The number of nitro benzene ring substituents is 1. The van der Waals surface area contributed by atoms with Crippen LogP contribution in [0.25, 0.3) is 5.65 Å². The molecule has 0 atom stereocenters. The molecular formula is C18H18FN5O2. The van der Waals surface area contributed by atoms with Crippen molar-refractivity contribution in [1.29, 1.82) is 0 Å². The van der Waals surface area contributed by atoms with E-state index in [0.29, 0.717) is 18.8 Å². The molecule has 1 aromatic carbocycles. The second-order valence-electron chi connectivity index (χ2n) is 6.35. The number of nitro groups is 1. The van der Waals surface area contributed by atoms with Gasteiger partial charge in [0.25, 0.3) is 5.69 Å². The molecule has 26 heavy (non-hydrogen) atoms. The Bertz CT molecular complexity index is 917. The summed E-state index contributed by atoms with van der Waals surface area (Å²) in [7, 11) is 0. The van der Waals surface area contributed by atoms with E-state index in [9.17, 15) is 14.5 Å². The topological polar surface area (TPSA) is 66.9 Å². The molecule has 1 aliphatic heterocycles. The van der Waals surface area contributed by atoms with Crippen molar-refractivity contribution in [2.75, 3.05) is 31.1 Å². The number of anilines is 1. The Labute approximate surface area is 149 Å². The SMILES string of the molecule is O=[N+]([O-])c1cc(F)ccc1N1CCN(Cc2cn3ccccc3n2)CC1. The molecule has 0 amide bonds. The molecule has 1 fully saturated rings. The van der Waals surface area contributed by atoms with Gasteiger partial charge in [-0.15, -0.1) is 0 Å². The van der Waals surface area contributed by atoms with Crippen LogP contribution in [0.4, 0.5) is 15.8 Å². The summed E-state index contributed by atoms with van der Waals surface area (Å²) in [6.07, 6.45) is 3.99. The minimum Gasteiger partial charge on any atom is -0.363 e. The molecule has 0 spiro atoms. The van der Waals surface area contributed by atoms with Gasteiger partial charge in [0.05, 0.1) is 16.7 Å². The average molecular weight is 355 g/mol. The maximum atomic E-state index is 13.3. The number of fused-ring (bicyclic) bond motifs is 1. The Balaban J connectivity index is 1.43. The summed E-state index contributed by atoms with van der Waals surface area (Å²) >= 11 is 0. The first-order valence-electron chi connectivity index (χ1n) is 8.44. The summed E-state index contributed by atoms with van der Waals surface area (Å²) in [6.45, 7) is 3.57. The summed E-state index contributed by atoms with van der Waals surface area (Å²) in [4.78, 5) is 19.5. The smallest absolute Gasteiger partial charge is 0.295 e. The van der Waals surface area contributed by atoms with E-state index in [1.54, 1.807) is 0 Å². The lowest BCUT2D eigenvalue weighted by Gasteiger charge is -2.35. The van der Waals surface area contributed by atoms with Crippen molar-refractivity contribution >= 4 is 17.0 Å². The van der Waals surface area contributed by atoms with Crippen molar-refractivity contribution in [3.05, 3.63) is 70.4 Å². The number of halogens is 1. The molecule has 134 valence electrons. The predicted octanol–water partition coefficient (Wildman–Crippen LogP) is 2.70.